The highest BCUT2D eigenvalue weighted by Gasteiger charge is 2.29. The van der Waals surface area contributed by atoms with Crippen molar-refractivity contribution < 1.29 is 9.59 Å². The van der Waals surface area contributed by atoms with E-state index in [4.69, 9.17) is 0 Å². The Morgan fingerprint density at radius 1 is 1.40 bits per heavy atom. The molecule has 1 aromatic rings. The Morgan fingerprint density at radius 3 is 3.00 bits per heavy atom. The lowest BCUT2D eigenvalue weighted by atomic mass is 9.97. The largest absolute Gasteiger partial charge is 0.342 e. The van der Waals surface area contributed by atoms with E-state index in [1.807, 2.05) is 9.80 Å². The molecule has 0 radical (unpaired) electrons. The van der Waals surface area contributed by atoms with Gasteiger partial charge in [0, 0.05) is 38.8 Å². The van der Waals surface area contributed by atoms with Gasteiger partial charge in [-0.25, -0.2) is 0 Å². The Hall–Kier alpha value is -1.85. The fraction of sp³-hybridized carbons (Fsp3) is 0.643. The number of rotatable bonds is 3. The molecule has 1 atom stereocenters. The zero-order valence-corrected chi connectivity index (χ0v) is 11.5. The van der Waals surface area contributed by atoms with Gasteiger partial charge >= 0.3 is 0 Å². The normalized spacial score (nSPS) is 23.4. The number of hydrogen-bond donors (Lipinski definition) is 1. The van der Waals surface area contributed by atoms with E-state index in [1.165, 1.54) is 0 Å². The van der Waals surface area contributed by atoms with E-state index in [9.17, 15) is 9.59 Å². The van der Waals surface area contributed by atoms with E-state index >= 15 is 0 Å². The Morgan fingerprint density at radius 2 is 2.30 bits per heavy atom. The molecule has 0 saturated carbocycles. The van der Waals surface area contributed by atoms with Crippen LogP contribution in [0.4, 0.5) is 0 Å². The van der Waals surface area contributed by atoms with Crippen LogP contribution in [0.15, 0.2) is 12.4 Å². The average molecular weight is 276 g/mol. The monoisotopic (exact) mass is 276 g/mol. The number of likely N-dealkylation sites (tertiary alicyclic amines) is 2. The molecule has 2 fully saturated rings. The van der Waals surface area contributed by atoms with Crippen molar-refractivity contribution in [2.75, 3.05) is 26.2 Å². The fourth-order valence-corrected chi connectivity index (χ4v) is 3.16. The zero-order valence-electron chi connectivity index (χ0n) is 11.5. The Bertz CT molecular complexity index is 485. The molecule has 6 nitrogen and oxygen atoms in total. The third kappa shape index (κ3) is 2.69. The van der Waals surface area contributed by atoms with Gasteiger partial charge in [0.25, 0.3) is 5.91 Å². The molecule has 1 aromatic heterocycles. The van der Waals surface area contributed by atoms with E-state index in [2.05, 4.69) is 10.2 Å². The number of nitrogens with one attached hydrogen (secondary N) is 1. The molecular weight excluding hydrogens is 256 g/mol. The minimum absolute atomic E-state index is 0.0381. The van der Waals surface area contributed by atoms with Gasteiger partial charge in [0.1, 0.15) is 0 Å². The van der Waals surface area contributed by atoms with Crippen molar-refractivity contribution in [1.29, 1.82) is 0 Å². The third-order valence-electron chi connectivity index (χ3n) is 4.20. The molecule has 2 aliphatic heterocycles. The summed E-state index contributed by atoms with van der Waals surface area (Å²) in [7, 11) is 0. The summed E-state index contributed by atoms with van der Waals surface area (Å²) >= 11 is 0. The van der Waals surface area contributed by atoms with Gasteiger partial charge in [0.05, 0.1) is 11.8 Å². The minimum atomic E-state index is 0.0381. The van der Waals surface area contributed by atoms with Gasteiger partial charge in [0.15, 0.2) is 0 Å². The Kier molecular flexibility index (Phi) is 3.71. The average Bonchev–Trinajstić information content (AvgIpc) is 3.11. The van der Waals surface area contributed by atoms with Crippen molar-refractivity contribution in [2.45, 2.75) is 25.7 Å². The number of piperidine rings is 1. The van der Waals surface area contributed by atoms with E-state index in [0.717, 1.165) is 45.4 Å². The lowest BCUT2D eigenvalue weighted by Gasteiger charge is -2.34. The first-order chi connectivity index (χ1) is 9.74. The minimum Gasteiger partial charge on any atom is -0.342 e. The molecule has 0 aliphatic carbocycles. The lowest BCUT2D eigenvalue weighted by Crippen LogP contribution is -2.44. The van der Waals surface area contributed by atoms with Crippen LogP contribution in [0.25, 0.3) is 0 Å². The molecule has 108 valence electrons. The molecule has 3 heterocycles. The highest BCUT2D eigenvalue weighted by atomic mass is 16.2. The van der Waals surface area contributed by atoms with Crippen molar-refractivity contribution >= 4 is 11.8 Å². The number of aromatic nitrogens is 2. The van der Waals surface area contributed by atoms with Gasteiger partial charge in [-0.05, 0) is 25.2 Å². The van der Waals surface area contributed by atoms with Crippen molar-refractivity contribution in [3.05, 3.63) is 18.0 Å². The van der Waals surface area contributed by atoms with E-state index in [-0.39, 0.29) is 11.8 Å². The van der Waals surface area contributed by atoms with Crippen LogP contribution in [0.1, 0.15) is 36.0 Å². The molecule has 20 heavy (non-hydrogen) atoms. The summed E-state index contributed by atoms with van der Waals surface area (Å²) < 4.78 is 0. The highest BCUT2D eigenvalue weighted by Crippen LogP contribution is 2.21. The molecule has 2 amide bonds. The van der Waals surface area contributed by atoms with Gasteiger partial charge in [0.2, 0.25) is 5.91 Å². The second kappa shape index (κ2) is 5.64. The Balaban J connectivity index is 1.59. The van der Waals surface area contributed by atoms with Crippen LogP contribution in [0.5, 0.6) is 0 Å². The number of amides is 2. The predicted molar refractivity (Wildman–Crippen MR) is 73.0 cm³/mol. The standard InChI is InChI=1S/C14H20N4O2/c19-13-4-2-5-17(13)9-11-3-1-6-18(10-11)14(20)12-7-15-16-8-12/h7-8,11H,1-6,9-10H2,(H,15,16)/t11-/m0/s1. The molecule has 0 aromatic carbocycles. The second-order valence-corrected chi connectivity index (χ2v) is 5.69. The van der Waals surface area contributed by atoms with Crippen LogP contribution in [0.2, 0.25) is 0 Å². The van der Waals surface area contributed by atoms with Crippen LogP contribution in [0.3, 0.4) is 0 Å². The van der Waals surface area contributed by atoms with Crippen LogP contribution in [-0.2, 0) is 4.79 Å². The summed E-state index contributed by atoms with van der Waals surface area (Å²) in [5.74, 6) is 0.709. The molecule has 1 N–H and O–H groups in total. The van der Waals surface area contributed by atoms with Gasteiger partial charge < -0.3 is 9.80 Å². The van der Waals surface area contributed by atoms with Crippen molar-refractivity contribution in [2.24, 2.45) is 5.92 Å². The summed E-state index contributed by atoms with van der Waals surface area (Å²) in [6.07, 6.45) is 6.97. The van der Waals surface area contributed by atoms with E-state index < -0.39 is 0 Å². The smallest absolute Gasteiger partial charge is 0.257 e. The number of carbonyl (C=O) groups is 2. The summed E-state index contributed by atoms with van der Waals surface area (Å²) in [5.41, 5.74) is 0.614. The van der Waals surface area contributed by atoms with E-state index in [1.54, 1.807) is 12.4 Å². The van der Waals surface area contributed by atoms with Crippen LogP contribution < -0.4 is 0 Å². The fourth-order valence-electron chi connectivity index (χ4n) is 3.16. The first-order valence-electron chi connectivity index (χ1n) is 7.30. The molecular formula is C14H20N4O2. The van der Waals surface area contributed by atoms with Gasteiger partial charge in [-0.1, -0.05) is 0 Å². The van der Waals surface area contributed by atoms with Crippen LogP contribution in [0, 0.1) is 5.92 Å². The van der Waals surface area contributed by atoms with Gasteiger partial charge in [-0.2, -0.15) is 5.10 Å². The summed E-state index contributed by atoms with van der Waals surface area (Å²) in [4.78, 5) is 27.8. The molecule has 0 unspecified atom stereocenters. The Labute approximate surface area is 118 Å². The molecule has 2 saturated heterocycles. The first-order valence-corrected chi connectivity index (χ1v) is 7.30. The number of carbonyl (C=O) groups excluding carboxylic acids is 2. The number of nitrogens with zero attached hydrogens (tertiary/aromatic N) is 3. The quantitative estimate of drug-likeness (QED) is 0.891. The summed E-state index contributed by atoms with van der Waals surface area (Å²) in [5, 5.41) is 6.50. The van der Waals surface area contributed by atoms with Crippen molar-refractivity contribution in [1.82, 2.24) is 20.0 Å². The molecule has 6 heteroatoms. The third-order valence-corrected chi connectivity index (χ3v) is 4.20. The summed E-state index contributed by atoms with van der Waals surface area (Å²) in [6, 6.07) is 0. The lowest BCUT2D eigenvalue weighted by molar-refractivity contribution is -0.128. The molecule has 0 spiro atoms. The summed E-state index contributed by atoms with van der Waals surface area (Å²) in [6.45, 7) is 3.22. The van der Waals surface area contributed by atoms with Crippen molar-refractivity contribution in [3.8, 4) is 0 Å². The number of aromatic amines is 1. The van der Waals surface area contributed by atoms with E-state index in [0.29, 0.717) is 17.9 Å². The molecule has 3 rings (SSSR count). The van der Waals surface area contributed by atoms with Gasteiger partial charge in [-0.3, -0.25) is 14.7 Å². The van der Waals surface area contributed by atoms with Crippen LogP contribution >= 0.6 is 0 Å². The first kappa shape index (κ1) is 13.1. The maximum atomic E-state index is 12.3. The highest BCUT2D eigenvalue weighted by molar-refractivity contribution is 5.93. The van der Waals surface area contributed by atoms with Crippen molar-refractivity contribution in [3.63, 3.8) is 0 Å². The van der Waals surface area contributed by atoms with Gasteiger partial charge in [-0.15, -0.1) is 0 Å². The maximum absolute atomic E-state index is 12.3. The molecule has 2 aliphatic rings. The second-order valence-electron chi connectivity index (χ2n) is 5.69. The molecule has 0 bridgehead atoms. The number of H-pyrrole nitrogens is 1. The van der Waals surface area contributed by atoms with Crippen LogP contribution in [-0.4, -0.2) is 58.0 Å². The zero-order chi connectivity index (χ0) is 13.9. The SMILES string of the molecule is O=C1CCCN1C[C@@H]1CCCN(C(=O)c2cn[nH]c2)C1. The topological polar surface area (TPSA) is 69.3 Å². The number of hydrogen-bond acceptors (Lipinski definition) is 3. The predicted octanol–water partition coefficient (Wildman–Crippen LogP) is 0.884. The maximum Gasteiger partial charge on any atom is 0.257 e.